The third-order valence-electron chi connectivity index (χ3n) is 4.75. The summed E-state index contributed by atoms with van der Waals surface area (Å²) >= 11 is 0. The molecule has 0 radical (unpaired) electrons. The van der Waals surface area contributed by atoms with Crippen molar-refractivity contribution in [2.75, 3.05) is 26.9 Å². The van der Waals surface area contributed by atoms with Crippen molar-refractivity contribution in [1.29, 1.82) is 0 Å². The van der Waals surface area contributed by atoms with Crippen LogP contribution in [0.15, 0.2) is 30.6 Å². The van der Waals surface area contributed by atoms with Crippen LogP contribution in [0.3, 0.4) is 0 Å². The Morgan fingerprint density at radius 3 is 2.88 bits per heavy atom. The van der Waals surface area contributed by atoms with Crippen molar-refractivity contribution in [2.45, 2.75) is 31.3 Å². The van der Waals surface area contributed by atoms with Crippen LogP contribution in [0, 0.1) is 0 Å². The number of aromatic nitrogens is 2. The molecule has 7 nitrogen and oxygen atoms in total. The average Bonchev–Trinajstić information content (AvgIpc) is 3.33. The number of rotatable bonds is 5. The zero-order valence-electron chi connectivity index (χ0n) is 14.3. The molecule has 4 atom stereocenters. The molecule has 1 aromatic heterocycles. The van der Waals surface area contributed by atoms with E-state index in [1.54, 1.807) is 13.3 Å². The van der Waals surface area contributed by atoms with Gasteiger partial charge in [0.25, 0.3) is 0 Å². The fraction of sp³-hybridized carbons (Fsp3) is 0.500. The van der Waals surface area contributed by atoms with Crippen molar-refractivity contribution < 1.29 is 24.1 Å². The number of imidazole rings is 1. The van der Waals surface area contributed by atoms with E-state index in [4.69, 9.17) is 18.9 Å². The summed E-state index contributed by atoms with van der Waals surface area (Å²) in [5, 5.41) is 9.95. The largest absolute Gasteiger partial charge is 0.493 e. The van der Waals surface area contributed by atoms with Gasteiger partial charge in [-0.2, -0.15) is 0 Å². The molecule has 3 heterocycles. The molecule has 1 aromatic carbocycles. The monoisotopic (exact) mass is 346 g/mol. The molecule has 25 heavy (non-hydrogen) atoms. The molecule has 1 N–H and O–H groups in total. The number of hydrogen-bond donors (Lipinski definition) is 1. The molecule has 0 amide bonds. The van der Waals surface area contributed by atoms with E-state index >= 15 is 0 Å². The first kappa shape index (κ1) is 16.4. The van der Waals surface area contributed by atoms with Gasteiger partial charge in [0.1, 0.15) is 24.1 Å². The summed E-state index contributed by atoms with van der Waals surface area (Å²) in [5.74, 6) is 2.18. The molecule has 7 heteroatoms. The minimum atomic E-state index is -0.562. The van der Waals surface area contributed by atoms with Crippen LogP contribution in [-0.4, -0.2) is 59.9 Å². The van der Waals surface area contributed by atoms with Crippen molar-refractivity contribution >= 4 is 0 Å². The van der Waals surface area contributed by atoms with Crippen LogP contribution >= 0.6 is 0 Å². The molecule has 0 bridgehead atoms. The van der Waals surface area contributed by atoms with Gasteiger partial charge in [0.2, 0.25) is 0 Å². The zero-order chi connectivity index (χ0) is 17.4. The quantitative estimate of drug-likeness (QED) is 0.887. The zero-order valence-corrected chi connectivity index (χ0v) is 14.3. The van der Waals surface area contributed by atoms with Gasteiger partial charge in [-0.15, -0.1) is 0 Å². The van der Waals surface area contributed by atoms with E-state index in [0.717, 1.165) is 11.4 Å². The maximum Gasteiger partial charge on any atom is 0.161 e. The first-order chi connectivity index (χ1) is 12.2. The molecular weight excluding hydrogens is 324 g/mol. The fourth-order valence-corrected chi connectivity index (χ4v) is 3.58. The lowest BCUT2D eigenvalue weighted by Crippen LogP contribution is -2.30. The van der Waals surface area contributed by atoms with Gasteiger partial charge < -0.3 is 28.6 Å². The SMILES string of the molecule is CCOc1ccc(-c2nccn2[C@H]2CO[C@H]3[C@@H]2OC[C@H]3O)cc1OC. The van der Waals surface area contributed by atoms with Crippen LogP contribution in [-0.2, 0) is 9.47 Å². The summed E-state index contributed by atoms with van der Waals surface area (Å²) in [6.07, 6.45) is 2.69. The van der Waals surface area contributed by atoms with Crippen LogP contribution in [0.2, 0.25) is 0 Å². The Morgan fingerprint density at radius 1 is 1.24 bits per heavy atom. The highest BCUT2D eigenvalue weighted by molar-refractivity contribution is 5.61. The summed E-state index contributed by atoms with van der Waals surface area (Å²) in [5.41, 5.74) is 0.923. The van der Waals surface area contributed by atoms with E-state index < -0.39 is 6.10 Å². The maximum absolute atomic E-state index is 9.95. The summed E-state index contributed by atoms with van der Waals surface area (Å²) in [6.45, 7) is 3.32. The summed E-state index contributed by atoms with van der Waals surface area (Å²) < 4.78 is 24.6. The Hall–Kier alpha value is -2.09. The second-order valence-corrected chi connectivity index (χ2v) is 6.19. The molecule has 2 aromatic rings. The first-order valence-electron chi connectivity index (χ1n) is 8.48. The number of fused-ring (bicyclic) bond motifs is 1. The van der Waals surface area contributed by atoms with Gasteiger partial charge >= 0.3 is 0 Å². The predicted molar refractivity (Wildman–Crippen MR) is 89.9 cm³/mol. The smallest absolute Gasteiger partial charge is 0.161 e. The standard InChI is InChI=1S/C18H22N2O5/c1-3-23-14-5-4-11(8-15(14)22-2)18-19-6-7-20(18)12-9-24-17-13(21)10-25-16(12)17/h4-8,12-13,16-17,21H,3,9-10H2,1-2H3/t12-,13+,16+,17+/m0/s1. The molecule has 2 saturated heterocycles. The van der Waals surface area contributed by atoms with E-state index in [0.29, 0.717) is 31.3 Å². The minimum Gasteiger partial charge on any atom is -0.493 e. The van der Waals surface area contributed by atoms with Crippen LogP contribution in [0.1, 0.15) is 13.0 Å². The highest BCUT2D eigenvalue weighted by Crippen LogP contribution is 2.38. The van der Waals surface area contributed by atoms with Gasteiger partial charge in [-0.1, -0.05) is 0 Å². The summed E-state index contributed by atoms with van der Waals surface area (Å²) in [4.78, 5) is 4.51. The average molecular weight is 346 g/mol. The van der Waals surface area contributed by atoms with Gasteiger partial charge in [-0.3, -0.25) is 0 Å². The number of nitrogens with zero attached hydrogens (tertiary/aromatic N) is 2. The van der Waals surface area contributed by atoms with E-state index in [-0.39, 0.29) is 18.2 Å². The molecule has 2 aliphatic rings. The Morgan fingerprint density at radius 2 is 2.08 bits per heavy atom. The van der Waals surface area contributed by atoms with Gasteiger partial charge in [0, 0.05) is 18.0 Å². The van der Waals surface area contributed by atoms with Gasteiger partial charge in [0.15, 0.2) is 11.5 Å². The maximum atomic E-state index is 9.95. The number of aliphatic hydroxyl groups excluding tert-OH is 1. The highest BCUT2D eigenvalue weighted by atomic mass is 16.6. The second kappa shape index (κ2) is 6.67. The molecule has 2 fully saturated rings. The van der Waals surface area contributed by atoms with Crippen LogP contribution in [0.4, 0.5) is 0 Å². The van der Waals surface area contributed by atoms with Crippen molar-refractivity contribution in [3.05, 3.63) is 30.6 Å². The number of benzene rings is 1. The number of hydrogen-bond acceptors (Lipinski definition) is 6. The van der Waals surface area contributed by atoms with Gasteiger partial charge in [-0.25, -0.2) is 4.98 Å². The third kappa shape index (κ3) is 2.78. The molecule has 0 saturated carbocycles. The summed E-state index contributed by atoms with van der Waals surface area (Å²) in [6, 6.07) is 5.75. The van der Waals surface area contributed by atoms with Crippen LogP contribution in [0.5, 0.6) is 11.5 Å². The second-order valence-electron chi connectivity index (χ2n) is 6.19. The lowest BCUT2D eigenvalue weighted by atomic mass is 10.1. The lowest BCUT2D eigenvalue weighted by Gasteiger charge is -2.20. The number of ether oxygens (including phenoxy) is 4. The topological polar surface area (TPSA) is 75.0 Å². The van der Waals surface area contributed by atoms with E-state index in [2.05, 4.69) is 9.55 Å². The van der Waals surface area contributed by atoms with Crippen molar-refractivity contribution in [2.24, 2.45) is 0 Å². The predicted octanol–water partition coefficient (Wildman–Crippen LogP) is 1.66. The normalized spacial score (nSPS) is 28.1. The first-order valence-corrected chi connectivity index (χ1v) is 8.48. The molecule has 0 unspecified atom stereocenters. The lowest BCUT2D eigenvalue weighted by molar-refractivity contribution is 0.0172. The van der Waals surface area contributed by atoms with Crippen molar-refractivity contribution in [1.82, 2.24) is 9.55 Å². The Labute approximate surface area is 146 Å². The van der Waals surface area contributed by atoms with E-state index in [9.17, 15) is 5.11 Å². The molecule has 4 rings (SSSR count). The minimum absolute atomic E-state index is 0.0165. The molecule has 134 valence electrons. The Bertz CT molecular complexity index is 747. The number of aliphatic hydroxyl groups is 1. The molecule has 0 aliphatic carbocycles. The fourth-order valence-electron chi connectivity index (χ4n) is 3.58. The van der Waals surface area contributed by atoms with Gasteiger partial charge in [-0.05, 0) is 25.1 Å². The highest BCUT2D eigenvalue weighted by Gasteiger charge is 2.48. The van der Waals surface area contributed by atoms with Crippen LogP contribution < -0.4 is 9.47 Å². The molecule has 2 aliphatic heterocycles. The van der Waals surface area contributed by atoms with Crippen molar-refractivity contribution in [3.8, 4) is 22.9 Å². The Kier molecular flexibility index (Phi) is 4.37. The van der Waals surface area contributed by atoms with Crippen LogP contribution in [0.25, 0.3) is 11.4 Å². The molecular formula is C18H22N2O5. The molecule has 0 spiro atoms. The third-order valence-corrected chi connectivity index (χ3v) is 4.75. The Balaban J connectivity index is 1.66. The summed E-state index contributed by atoms with van der Waals surface area (Å²) in [7, 11) is 1.62. The van der Waals surface area contributed by atoms with Gasteiger partial charge in [0.05, 0.1) is 33.0 Å². The van der Waals surface area contributed by atoms with E-state index in [1.807, 2.05) is 31.3 Å². The van der Waals surface area contributed by atoms with Crippen molar-refractivity contribution in [3.63, 3.8) is 0 Å². The number of methoxy groups -OCH3 is 1. The van der Waals surface area contributed by atoms with E-state index in [1.165, 1.54) is 0 Å².